The molecule has 0 aliphatic heterocycles. The second-order valence-corrected chi connectivity index (χ2v) is 7.20. The van der Waals surface area contributed by atoms with Gasteiger partial charge in [-0.2, -0.15) is 8.78 Å². The minimum absolute atomic E-state index is 0. The monoisotopic (exact) mass is 506 g/mol. The second-order valence-electron chi connectivity index (χ2n) is 5.36. The molecule has 0 amide bonds. The molecule has 0 unspecified atom stereocenters. The summed E-state index contributed by atoms with van der Waals surface area (Å²) in [7, 11) is -1.61. The molecule has 1 aromatic carbocycles. The number of aryl methyl sites for hydroxylation is 1. The zero-order chi connectivity index (χ0) is 18.9. The fourth-order valence-electron chi connectivity index (χ4n) is 2.01. The van der Waals surface area contributed by atoms with Crippen LogP contribution in [0, 0.1) is 6.92 Å². The van der Waals surface area contributed by atoms with Crippen LogP contribution in [0.25, 0.3) is 0 Å². The lowest BCUT2D eigenvalue weighted by Gasteiger charge is -2.15. The van der Waals surface area contributed by atoms with Gasteiger partial charge < -0.3 is 15.4 Å². The molecule has 0 aliphatic carbocycles. The van der Waals surface area contributed by atoms with Crippen LogP contribution in [0.3, 0.4) is 0 Å². The van der Waals surface area contributed by atoms with Crippen molar-refractivity contribution in [1.82, 2.24) is 15.4 Å². The van der Waals surface area contributed by atoms with Crippen molar-refractivity contribution in [1.29, 1.82) is 0 Å². The predicted molar refractivity (Wildman–Crippen MR) is 109 cm³/mol. The van der Waals surface area contributed by atoms with Gasteiger partial charge in [-0.15, -0.1) is 24.0 Å². The van der Waals surface area contributed by atoms with Gasteiger partial charge in [0.1, 0.15) is 5.75 Å². The van der Waals surface area contributed by atoms with E-state index in [0.29, 0.717) is 31.0 Å². The SMILES string of the molecule is CN=C(NCCCNS(C)(=O)=O)NCc1cc(C)ccc1OC(F)F.I. The molecule has 3 N–H and O–H groups in total. The number of sulfonamides is 1. The Bertz CT molecular complexity index is 687. The molecule has 0 atom stereocenters. The average Bonchev–Trinajstić information content (AvgIpc) is 2.50. The van der Waals surface area contributed by atoms with Crippen molar-refractivity contribution in [3.05, 3.63) is 29.3 Å². The van der Waals surface area contributed by atoms with Gasteiger partial charge >= 0.3 is 6.61 Å². The molecule has 0 fully saturated rings. The summed E-state index contributed by atoms with van der Waals surface area (Å²) in [6.07, 6.45) is 1.67. The van der Waals surface area contributed by atoms with E-state index in [9.17, 15) is 17.2 Å². The van der Waals surface area contributed by atoms with Gasteiger partial charge in [-0.3, -0.25) is 4.99 Å². The molecule has 0 spiro atoms. The number of halogens is 3. The Morgan fingerprint density at radius 2 is 1.96 bits per heavy atom. The number of benzene rings is 1. The van der Waals surface area contributed by atoms with Crippen LogP contribution in [0.5, 0.6) is 5.75 Å². The molecular weight excluding hydrogens is 481 g/mol. The summed E-state index contributed by atoms with van der Waals surface area (Å²) < 4.78 is 53.7. The molecule has 1 rings (SSSR count). The number of ether oxygens (including phenoxy) is 1. The highest BCUT2D eigenvalue weighted by molar-refractivity contribution is 14.0. The standard InChI is InChI=1S/C15H24F2N4O3S.HI/c1-11-5-6-13(24-14(16)17)12(9-11)10-20-15(18-2)19-7-4-8-21-25(3,22)23;/h5-6,9,14,21H,4,7-8,10H2,1-3H3,(H2,18,19,20);1H. The summed E-state index contributed by atoms with van der Waals surface area (Å²) in [5.74, 6) is 0.588. The van der Waals surface area contributed by atoms with Gasteiger partial charge in [0, 0.05) is 32.2 Å². The van der Waals surface area contributed by atoms with Crippen molar-refractivity contribution in [2.75, 3.05) is 26.4 Å². The van der Waals surface area contributed by atoms with E-state index in [1.54, 1.807) is 19.2 Å². The Kier molecular flexibility index (Phi) is 11.7. The largest absolute Gasteiger partial charge is 0.434 e. The molecule has 0 aliphatic rings. The van der Waals surface area contributed by atoms with Crippen molar-refractivity contribution in [2.24, 2.45) is 4.99 Å². The maximum atomic E-state index is 12.5. The number of nitrogens with one attached hydrogen (secondary N) is 3. The van der Waals surface area contributed by atoms with Gasteiger partial charge in [0.2, 0.25) is 10.0 Å². The van der Waals surface area contributed by atoms with E-state index < -0.39 is 16.6 Å². The molecule has 0 saturated heterocycles. The quantitative estimate of drug-likeness (QED) is 0.206. The van der Waals surface area contributed by atoms with E-state index in [4.69, 9.17) is 0 Å². The highest BCUT2D eigenvalue weighted by Gasteiger charge is 2.10. The van der Waals surface area contributed by atoms with Crippen LogP contribution in [-0.2, 0) is 16.6 Å². The fraction of sp³-hybridized carbons (Fsp3) is 0.533. The maximum absolute atomic E-state index is 12.5. The minimum Gasteiger partial charge on any atom is -0.434 e. The fourth-order valence-corrected chi connectivity index (χ4v) is 2.52. The lowest BCUT2D eigenvalue weighted by molar-refractivity contribution is -0.0504. The first-order chi connectivity index (χ1) is 11.7. The molecule has 11 heteroatoms. The first-order valence-electron chi connectivity index (χ1n) is 7.65. The summed E-state index contributed by atoms with van der Waals surface area (Å²) in [5.41, 5.74) is 1.51. The Morgan fingerprint density at radius 1 is 1.27 bits per heavy atom. The molecule has 7 nitrogen and oxygen atoms in total. The van der Waals surface area contributed by atoms with Gasteiger partial charge in [-0.1, -0.05) is 17.7 Å². The number of hydrogen-bond donors (Lipinski definition) is 3. The first kappa shape index (κ1) is 24.8. The van der Waals surface area contributed by atoms with Gasteiger partial charge in [-0.05, 0) is 19.4 Å². The van der Waals surface area contributed by atoms with Crippen LogP contribution < -0.4 is 20.1 Å². The normalized spacial score (nSPS) is 11.8. The average molecular weight is 506 g/mol. The van der Waals surface area contributed by atoms with Crippen molar-refractivity contribution in [3.63, 3.8) is 0 Å². The van der Waals surface area contributed by atoms with Crippen LogP contribution in [0.4, 0.5) is 8.78 Å². The van der Waals surface area contributed by atoms with E-state index >= 15 is 0 Å². The van der Waals surface area contributed by atoms with Gasteiger partial charge in [0.15, 0.2) is 5.96 Å². The van der Waals surface area contributed by atoms with E-state index in [1.807, 2.05) is 6.92 Å². The predicted octanol–water partition coefficient (Wildman–Crippen LogP) is 1.82. The van der Waals surface area contributed by atoms with E-state index in [-0.39, 0.29) is 36.3 Å². The maximum Gasteiger partial charge on any atom is 0.387 e. The summed E-state index contributed by atoms with van der Waals surface area (Å²) in [4.78, 5) is 4.03. The highest BCUT2D eigenvalue weighted by Crippen LogP contribution is 2.21. The van der Waals surface area contributed by atoms with Gasteiger partial charge in [0.05, 0.1) is 6.26 Å². The van der Waals surface area contributed by atoms with Crippen LogP contribution in [0.1, 0.15) is 17.5 Å². The van der Waals surface area contributed by atoms with Crippen molar-refractivity contribution in [2.45, 2.75) is 26.5 Å². The van der Waals surface area contributed by atoms with Crippen molar-refractivity contribution < 1.29 is 21.9 Å². The van der Waals surface area contributed by atoms with E-state index in [2.05, 4.69) is 25.1 Å². The molecule has 0 saturated carbocycles. The molecule has 0 aromatic heterocycles. The molecule has 150 valence electrons. The zero-order valence-corrected chi connectivity index (χ0v) is 18.0. The zero-order valence-electron chi connectivity index (χ0n) is 14.9. The smallest absolute Gasteiger partial charge is 0.387 e. The number of guanidine groups is 1. The van der Waals surface area contributed by atoms with Crippen molar-refractivity contribution >= 4 is 40.0 Å². The van der Waals surface area contributed by atoms with Crippen LogP contribution in [0.15, 0.2) is 23.2 Å². The number of hydrogen-bond acceptors (Lipinski definition) is 4. The summed E-state index contributed by atoms with van der Waals surface area (Å²) in [5, 5.41) is 6.02. The topological polar surface area (TPSA) is 91.8 Å². The number of nitrogens with zero attached hydrogens (tertiary/aromatic N) is 1. The van der Waals surface area contributed by atoms with Gasteiger partial charge in [0.25, 0.3) is 0 Å². The Labute approximate surface area is 170 Å². The third-order valence-corrected chi connectivity index (χ3v) is 3.84. The first-order valence-corrected chi connectivity index (χ1v) is 9.54. The van der Waals surface area contributed by atoms with Crippen LogP contribution in [-0.4, -0.2) is 47.4 Å². The Hall–Kier alpha value is -1.21. The Balaban J connectivity index is 0.00000625. The molecule has 0 radical (unpaired) electrons. The number of alkyl halides is 2. The second kappa shape index (κ2) is 12.2. The summed E-state index contributed by atoms with van der Waals surface area (Å²) >= 11 is 0. The lowest BCUT2D eigenvalue weighted by Crippen LogP contribution is -2.38. The lowest BCUT2D eigenvalue weighted by atomic mass is 10.1. The third-order valence-electron chi connectivity index (χ3n) is 3.11. The number of aliphatic imine (C=N–C) groups is 1. The van der Waals surface area contributed by atoms with Crippen molar-refractivity contribution in [3.8, 4) is 5.75 Å². The molecule has 26 heavy (non-hydrogen) atoms. The van der Waals surface area contributed by atoms with Gasteiger partial charge in [-0.25, -0.2) is 13.1 Å². The summed E-state index contributed by atoms with van der Waals surface area (Å²) in [6.45, 7) is 0.0349. The molecular formula is C15H25F2IN4O3S. The minimum atomic E-state index is -3.19. The Morgan fingerprint density at radius 3 is 2.54 bits per heavy atom. The molecule has 0 bridgehead atoms. The van der Waals surface area contributed by atoms with Crippen LogP contribution >= 0.6 is 24.0 Å². The molecule has 1 aromatic rings. The number of rotatable bonds is 9. The van der Waals surface area contributed by atoms with Crippen LogP contribution in [0.2, 0.25) is 0 Å². The third kappa shape index (κ3) is 10.7. The van der Waals surface area contributed by atoms with E-state index in [0.717, 1.165) is 11.8 Å². The van der Waals surface area contributed by atoms with E-state index in [1.165, 1.54) is 6.07 Å². The summed E-state index contributed by atoms with van der Waals surface area (Å²) in [6, 6.07) is 4.96. The highest BCUT2D eigenvalue weighted by atomic mass is 127. The molecule has 0 heterocycles.